The van der Waals surface area contributed by atoms with Crippen molar-refractivity contribution < 1.29 is 0 Å². The lowest BCUT2D eigenvalue weighted by Gasteiger charge is -2.00. The van der Waals surface area contributed by atoms with E-state index >= 15 is 0 Å². The number of fused-ring (bicyclic) bond motifs is 1. The van der Waals surface area contributed by atoms with E-state index in [1.807, 2.05) is 37.4 Å². The summed E-state index contributed by atoms with van der Waals surface area (Å²) in [5.41, 5.74) is 3.78. The van der Waals surface area contributed by atoms with Gasteiger partial charge in [-0.15, -0.1) is 0 Å². The van der Waals surface area contributed by atoms with Gasteiger partial charge >= 0.3 is 0 Å². The van der Waals surface area contributed by atoms with Crippen LogP contribution >= 0.6 is 34.2 Å². The molecule has 0 unspecified atom stereocenters. The van der Waals surface area contributed by atoms with Gasteiger partial charge in [0.05, 0.1) is 5.52 Å². The summed E-state index contributed by atoms with van der Waals surface area (Å²) in [6.45, 7) is 2.01. The van der Waals surface area contributed by atoms with Crippen LogP contribution in [0.15, 0.2) is 30.5 Å². The molecule has 3 nitrogen and oxygen atoms in total. The number of hydrogen-bond donors (Lipinski definition) is 1. The second-order valence-electron chi connectivity index (χ2n) is 4.09. The zero-order valence-corrected chi connectivity index (χ0v) is 12.5. The van der Waals surface area contributed by atoms with E-state index in [1.165, 1.54) is 0 Å². The number of nitrogens with one attached hydrogen (secondary N) is 1. The minimum absolute atomic E-state index is 0.704. The van der Waals surface area contributed by atoms with E-state index in [4.69, 9.17) is 11.6 Å². The number of benzene rings is 1. The molecule has 0 saturated heterocycles. The van der Waals surface area contributed by atoms with Crippen molar-refractivity contribution in [3.8, 4) is 11.4 Å². The maximum absolute atomic E-state index is 6.03. The van der Waals surface area contributed by atoms with Crippen LogP contribution in [0.3, 0.4) is 0 Å². The molecule has 1 aromatic carbocycles. The van der Waals surface area contributed by atoms with Gasteiger partial charge in [-0.1, -0.05) is 11.6 Å². The molecule has 0 aliphatic carbocycles. The van der Waals surface area contributed by atoms with Crippen molar-refractivity contribution in [1.29, 1.82) is 0 Å². The number of halogens is 2. The van der Waals surface area contributed by atoms with Crippen molar-refractivity contribution in [1.82, 2.24) is 15.0 Å². The lowest BCUT2D eigenvalue weighted by atomic mass is 10.2. The Balaban J connectivity index is 2.22. The number of H-pyrrole nitrogens is 1. The topological polar surface area (TPSA) is 41.6 Å². The molecule has 18 heavy (non-hydrogen) atoms. The van der Waals surface area contributed by atoms with Crippen molar-refractivity contribution in [3.63, 3.8) is 0 Å². The second kappa shape index (κ2) is 4.51. The Bertz CT molecular complexity index is 736. The number of aryl methyl sites for hydroxylation is 1. The lowest BCUT2D eigenvalue weighted by Crippen LogP contribution is -1.85. The zero-order chi connectivity index (χ0) is 12.7. The molecule has 0 fully saturated rings. The van der Waals surface area contributed by atoms with E-state index in [-0.39, 0.29) is 0 Å². The van der Waals surface area contributed by atoms with E-state index in [1.54, 1.807) is 0 Å². The number of nitrogens with zero attached hydrogens (tertiary/aromatic N) is 2. The maximum atomic E-state index is 6.03. The fourth-order valence-corrected chi connectivity index (χ4v) is 2.57. The molecule has 0 amide bonds. The summed E-state index contributed by atoms with van der Waals surface area (Å²) < 4.78 is 1.10. The summed E-state index contributed by atoms with van der Waals surface area (Å²) in [5, 5.41) is 0.704. The average Bonchev–Trinajstić information content (AvgIpc) is 2.74. The van der Waals surface area contributed by atoms with Crippen LogP contribution < -0.4 is 0 Å². The predicted octanol–water partition coefficient (Wildman–Crippen LogP) is 4.19. The number of aromatic amines is 1. The molecule has 0 radical (unpaired) electrons. The summed E-state index contributed by atoms with van der Waals surface area (Å²) in [4.78, 5) is 12.1. The van der Waals surface area contributed by atoms with E-state index in [0.29, 0.717) is 5.02 Å². The van der Waals surface area contributed by atoms with Crippen LogP contribution in [0, 0.1) is 10.5 Å². The van der Waals surface area contributed by atoms with Crippen molar-refractivity contribution in [2.45, 2.75) is 6.92 Å². The quantitative estimate of drug-likeness (QED) is 0.654. The number of aromatic nitrogens is 3. The molecule has 2 heterocycles. The van der Waals surface area contributed by atoms with Crippen LogP contribution in [0.25, 0.3) is 22.6 Å². The third-order valence-corrected chi connectivity index (χ3v) is 3.83. The number of imidazole rings is 1. The molecule has 0 aliphatic heterocycles. The van der Waals surface area contributed by atoms with Crippen LogP contribution in [0.5, 0.6) is 0 Å². The molecule has 3 rings (SSSR count). The van der Waals surface area contributed by atoms with Crippen LogP contribution in [0.1, 0.15) is 5.56 Å². The number of rotatable bonds is 1. The molecule has 0 atom stereocenters. The van der Waals surface area contributed by atoms with Crippen LogP contribution in [0.4, 0.5) is 0 Å². The van der Waals surface area contributed by atoms with E-state index < -0.39 is 0 Å². The van der Waals surface area contributed by atoms with Crippen LogP contribution in [-0.4, -0.2) is 15.0 Å². The predicted molar refractivity (Wildman–Crippen MR) is 81.8 cm³/mol. The first-order valence-electron chi connectivity index (χ1n) is 5.41. The summed E-state index contributed by atoms with van der Waals surface area (Å²) in [6.07, 6.45) is 1.82. The van der Waals surface area contributed by atoms with Crippen LogP contribution in [0.2, 0.25) is 5.02 Å². The highest BCUT2D eigenvalue weighted by Gasteiger charge is 2.10. The first-order valence-corrected chi connectivity index (χ1v) is 6.87. The molecule has 0 aliphatic rings. The van der Waals surface area contributed by atoms with Crippen molar-refractivity contribution >= 4 is 45.4 Å². The average molecular weight is 370 g/mol. The Kier molecular flexibility index (Phi) is 2.99. The Morgan fingerprint density at radius 2 is 2.11 bits per heavy atom. The van der Waals surface area contributed by atoms with Gasteiger partial charge in [0.1, 0.15) is 5.82 Å². The molecule has 90 valence electrons. The van der Waals surface area contributed by atoms with Gasteiger partial charge in [-0.3, -0.25) is 0 Å². The molecule has 2 aromatic heterocycles. The van der Waals surface area contributed by atoms with Gasteiger partial charge in [-0.05, 0) is 59.3 Å². The highest BCUT2D eigenvalue weighted by atomic mass is 127. The molecule has 0 spiro atoms. The Labute approximate surface area is 123 Å². The minimum Gasteiger partial charge on any atom is -0.337 e. The third-order valence-electron chi connectivity index (χ3n) is 2.66. The third kappa shape index (κ3) is 2.10. The smallest absolute Gasteiger partial charge is 0.178 e. The van der Waals surface area contributed by atoms with E-state index in [0.717, 1.165) is 31.7 Å². The summed E-state index contributed by atoms with van der Waals surface area (Å²) in [6, 6.07) is 7.80. The Morgan fingerprint density at radius 1 is 1.28 bits per heavy atom. The summed E-state index contributed by atoms with van der Waals surface area (Å²) in [7, 11) is 0. The molecule has 5 heteroatoms. The SMILES string of the molecule is Cc1cnc2nc(-c3cc(Cl)ccc3I)[nH]c2c1. The van der Waals surface area contributed by atoms with Crippen molar-refractivity contribution in [3.05, 3.63) is 44.6 Å². The second-order valence-corrected chi connectivity index (χ2v) is 5.69. The van der Waals surface area contributed by atoms with Gasteiger partial charge in [0, 0.05) is 20.4 Å². The van der Waals surface area contributed by atoms with E-state index in [9.17, 15) is 0 Å². The van der Waals surface area contributed by atoms with Gasteiger partial charge in [0.2, 0.25) is 0 Å². The van der Waals surface area contributed by atoms with E-state index in [2.05, 4.69) is 37.5 Å². The highest BCUT2D eigenvalue weighted by Crippen LogP contribution is 2.27. The maximum Gasteiger partial charge on any atom is 0.178 e. The minimum atomic E-state index is 0.704. The standard InChI is InChI=1S/C13H9ClIN3/c1-7-4-11-13(16-6-7)18-12(17-11)9-5-8(14)2-3-10(9)15/h2-6H,1H3,(H,16,17,18). The molecule has 1 N–H and O–H groups in total. The summed E-state index contributed by atoms with van der Waals surface area (Å²) >= 11 is 8.30. The lowest BCUT2D eigenvalue weighted by molar-refractivity contribution is 1.28. The Hall–Kier alpha value is -1.14. The van der Waals surface area contributed by atoms with Crippen molar-refractivity contribution in [2.75, 3.05) is 0 Å². The zero-order valence-electron chi connectivity index (χ0n) is 9.54. The number of hydrogen-bond acceptors (Lipinski definition) is 2. The number of pyridine rings is 1. The van der Waals surface area contributed by atoms with Gasteiger partial charge < -0.3 is 4.98 Å². The fourth-order valence-electron chi connectivity index (χ4n) is 1.81. The molecule has 0 saturated carbocycles. The van der Waals surface area contributed by atoms with Gasteiger partial charge in [-0.25, -0.2) is 9.97 Å². The fraction of sp³-hybridized carbons (Fsp3) is 0.0769. The normalized spacial score (nSPS) is 11.1. The molecule has 0 bridgehead atoms. The van der Waals surface area contributed by atoms with Gasteiger partial charge in [-0.2, -0.15) is 0 Å². The van der Waals surface area contributed by atoms with Crippen LogP contribution in [-0.2, 0) is 0 Å². The first-order chi connectivity index (χ1) is 8.63. The Morgan fingerprint density at radius 3 is 2.94 bits per heavy atom. The molecule has 3 aromatic rings. The highest BCUT2D eigenvalue weighted by molar-refractivity contribution is 14.1. The summed E-state index contributed by atoms with van der Waals surface area (Å²) in [5.74, 6) is 0.801. The van der Waals surface area contributed by atoms with Gasteiger partial charge in [0.25, 0.3) is 0 Å². The van der Waals surface area contributed by atoms with Crippen molar-refractivity contribution in [2.24, 2.45) is 0 Å². The monoisotopic (exact) mass is 369 g/mol. The molecular weight excluding hydrogens is 361 g/mol. The molecular formula is C13H9ClIN3. The van der Waals surface area contributed by atoms with Gasteiger partial charge in [0.15, 0.2) is 5.65 Å². The first kappa shape index (κ1) is 11.9. The largest absolute Gasteiger partial charge is 0.337 e.